The van der Waals surface area contributed by atoms with Gasteiger partial charge < -0.3 is 15.7 Å². The van der Waals surface area contributed by atoms with Crippen LogP contribution < -0.4 is 10.6 Å². The van der Waals surface area contributed by atoms with Gasteiger partial charge in [0, 0.05) is 32.0 Å². The zero-order valence-electron chi connectivity index (χ0n) is 9.67. The van der Waals surface area contributed by atoms with Crippen LogP contribution in [0.25, 0.3) is 0 Å². The average molecular weight is 238 g/mol. The van der Waals surface area contributed by atoms with Crippen molar-refractivity contribution in [3.8, 4) is 0 Å². The molecule has 6 heteroatoms. The molecule has 1 aromatic heterocycles. The second kappa shape index (κ2) is 5.79. The van der Waals surface area contributed by atoms with Gasteiger partial charge in [0.05, 0.1) is 12.1 Å². The Hall–Kier alpha value is -1.40. The lowest BCUT2D eigenvalue weighted by atomic mass is 10.2. The molecular formula is C11H18N4O2. The summed E-state index contributed by atoms with van der Waals surface area (Å²) in [7, 11) is 0. The van der Waals surface area contributed by atoms with E-state index in [4.69, 9.17) is 0 Å². The monoisotopic (exact) mass is 238 g/mol. The molecule has 0 spiro atoms. The standard InChI is InChI=1S/C11H18N4O2/c16-9-7-10(13-8-9)11(17)12-3-1-5-15-6-2-4-14-15/h2,4,6,9-10,13,16H,1,3,5,7-8H2,(H,12,17). The normalized spacial score (nSPS) is 23.8. The maximum absolute atomic E-state index is 11.6. The van der Waals surface area contributed by atoms with Gasteiger partial charge in [0.25, 0.3) is 0 Å². The van der Waals surface area contributed by atoms with Crippen LogP contribution in [0.4, 0.5) is 0 Å². The van der Waals surface area contributed by atoms with Gasteiger partial charge in [-0.1, -0.05) is 0 Å². The summed E-state index contributed by atoms with van der Waals surface area (Å²) in [5.41, 5.74) is 0. The van der Waals surface area contributed by atoms with Crippen molar-refractivity contribution < 1.29 is 9.90 Å². The maximum Gasteiger partial charge on any atom is 0.237 e. The summed E-state index contributed by atoms with van der Waals surface area (Å²) < 4.78 is 1.84. The van der Waals surface area contributed by atoms with Crippen molar-refractivity contribution in [2.24, 2.45) is 0 Å². The molecule has 0 bridgehead atoms. The predicted molar refractivity (Wildman–Crippen MR) is 62.3 cm³/mol. The van der Waals surface area contributed by atoms with Gasteiger partial charge in [0.1, 0.15) is 0 Å². The van der Waals surface area contributed by atoms with Crippen LogP contribution in [-0.2, 0) is 11.3 Å². The number of hydrogen-bond donors (Lipinski definition) is 3. The molecule has 0 saturated carbocycles. The van der Waals surface area contributed by atoms with Crippen molar-refractivity contribution >= 4 is 5.91 Å². The molecule has 1 saturated heterocycles. The van der Waals surface area contributed by atoms with Gasteiger partial charge in [-0.3, -0.25) is 9.48 Å². The van der Waals surface area contributed by atoms with E-state index in [1.54, 1.807) is 6.20 Å². The first-order valence-electron chi connectivity index (χ1n) is 5.92. The lowest BCUT2D eigenvalue weighted by Crippen LogP contribution is -2.40. The second-order valence-electron chi connectivity index (χ2n) is 4.26. The van der Waals surface area contributed by atoms with Gasteiger partial charge in [-0.15, -0.1) is 0 Å². The maximum atomic E-state index is 11.6. The summed E-state index contributed by atoms with van der Waals surface area (Å²) in [6, 6.07) is 1.64. The van der Waals surface area contributed by atoms with Crippen molar-refractivity contribution in [3.63, 3.8) is 0 Å². The Bertz CT molecular complexity index is 352. The summed E-state index contributed by atoms with van der Waals surface area (Å²) in [5.74, 6) is -0.0259. The van der Waals surface area contributed by atoms with Gasteiger partial charge in [0.2, 0.25) is 5.91 Å². The van der Waals surface area contributed by atoms with E-state index in [2.05, 4.69) is 15.7 Å². The van der Waals surface area contributed by atoms with E-state index in [1.165, 1.54) is 0 Å². The van der Waals surface area contributed by atoms with Crippen LogP contribution in [0.5, 0.6) is 0 Å². The van der Waals surface area contributed by atoms with Gasteiger partial charge in [0.15, 0.2) is 0 Å². The third-order valence-electron chi connectivity index (χ3n) is 2.85. The highest BCUT2D eigenvalue weighted by molar-refractivity contribution is 5.82. The van der Waals surface area contributed by atoms with Crippen LogP contribution in [-0.4, -0.2) is 46.0 Å². The third kappa shape index (κ3) is 3.54. The molecule has 0 radical (unpaired) electrons. The SMILES string of the molecule is O=C(NCCCn1cccn1)C1CC(O)CN1. The highest BCUT2D eigenvalue weighted by Crippen LogP contribution is 2.05. The minimum Gasteiger partial charge on any atom is -0.392 e. The first kappa shape index (κ1) is 12.1. The van der Waals surface area contributed by atoms with E-state index in [1.807, 2.05) is 16.9 Å². The Kier molecular flexibility index (Phi) is 4.11. The number of aryl methyl sites for hydroxylation is 1. The topological polar surface area (TPSA) is 79.2 Å². The van der Waals surface area contributed by atoms with Gasteiger partial charge in [-0.05, 0) is 18.9 Å². The molecule has 94 valence electrons. The van der Waals surface area contributed by atoms with Crippen LogP contribution in [0, 0.1) is 0 Å². The van der Waals surface area contributed by atoms with E-state index < -0.39 is 6.10 Å². The third-order valence-corrected chi connectivity index (χ3v) is 2.85. The fourth-order valence-electron chi connectivity index (χ4n) is 1.93. The number of aliphatic hydroxyl groups excluding tert-OH is 1. The van der Waals surface area contributed by atoms with E-state index in [-0.39, 0.29) is 11.9 Å². The molecule has 1 aliphatic heterocycles. The summed E-state index contributed by atoms with van der Waals surface area (Å²) in [5, 5.41) is 19.2. The van der Waals surface area contributed by atoms with E-state index >= 15 is 0 Å². The number of nitrogens with one attached hydrogen (secondary N) is 2. The number of rotatable bonds is 5. The fraction of sp³-hybridized carbons (Fsp3) is 0.636. The summed E-state index contributed by atoms with van der Waals surface area (Å²) in [6.45, 7) is 1.94. The number of aromatic nitrogens is 2. The Labute approximate surface area is 100 Å². The van der Waals surface area contributed by atoms with Gasteiger partial charge in [-0.2, -0.15) is 5.10 Å². The molecule has 0 aliphatic carbocycles. The Morgan fingerprint density at radius 2 is 2.53 bits per heavy atom. The molecular weight excluding hydrogens is 220 g/mol. The summed E-state index contributed by atoms with van der Waals surface area (Å²) >= 11 is 0. The van der Waals surface area contributed by atoms with E-state index in [0.717, 1.165) is 13.0 Å². The molecule has 2 rings (SSSR count). The van der Waals surface area contributed by atoms with Crippen molar-refractivity contribution in [2.75, 3.05) is 13.1 Å². The largest absolute Gasteiger partial charge is 0.392 e. The van der Waals surface area contributed by atoms with Crippen molar-refractivity contribution in [1.29, 1.82) is 0 Å². The molecule has 1 aromatic rings. The van der Waals surface area contributed by atoms with Crippen molar-refractivity contribution in [2.45, 2.75) is 31.5 Å². The quantitative estimate of drug-likeness (QED) is 0.582. The smallest absolute Gasteiger partial charge is 0.237 e. The summed E-state index contributed by atoms with van der Waals surface area (Å²) in [6.07, 6.45) is 4.60. The lowest BCUT2D eigenvalue weighted by molar-refractivity contribution is -0.122. The molecule has 0 aromatic carbocycles. The number of amides is 1. The first-order valence-corrected chi connectivity index (χ1v) is 5.92. The number of carbonyl (C=O) groups is 1. The lowest BCUT2D eigenvalue weighted by Gasteiger charge is -2.10. The fourth-order valence-corrected chi connectivity index (χ4v) is 1.93. The molecule has 1 amide bonds. The molecule has 3 N–H and O–H groups in total. The van der Waals surface area contributed by atoms with Crippen LogP contribution in [0.3, 0.4) is 0 Å². The average Bonchev–Trinajstić information content (AvgIpc) is 2.95. The molecule has 1 aliphatic rings. The van der Waals surface area contributed by atoms with Crippen molar-refractivity contribution in [3.05, 3.63) is 18.5 Å². The molecule has 2 heterocycles. The number of nitrogens with zero attached hydrogens (tertiary/aromatic N) is 2. The highest BCUT2D eigenvalue weighted by atomic mass is 16.3. The van der Waals surface area contributed by atoms with Crippen LogP contribution in [0.2, 0.25) is 0 Å². The minimum absolute atomic E-state index is 0.0259. The second-order valence-corrected chi connectivity index (χ2v) is 4.26. The number of carbonyl (C=O) groups excluding carboxylic acids is 1. The number of hydrogen-bond acceptors (Lipinski definition) is 4. The molecule has 1 fully saturated rings. The molecule has 6 nitrogen and oxygen atoms in total. The van der Waals surface area contributed by atoms with Gasteiger partial charge in [-0.25, -0.2) is 0 Å². The van der Waals surface area contributed by atoms with Crippen LogP contribution >= 0.6 is 0 Å². The van der Waals surface area contributed by atoms with Gasteiger partial charge >= 0.3 is 0 Å². The first-order chi connectivity index (χ1) is 8.25. The Morgan fingerprint density at radius 1 is 1.65 bits per heavy atom. The predicted octanol–water partition coefficient (Wildman–Crippen LogP) is -0.888. The highest BCUT2D eigenvalue weighted by Gasteiger charge is 2.27. The molecule has 17 heavy (non-hydrogen) atoms. The van der Waals surface area contributed by atoms with Crippen LogP contribution in [0.15, 0.2) is 18.5 Å². The van der Waals surface area contributed by atoms with E-state index in [0.29, 0.717) is 19.5 Å². The molecule has 2 unspecified atom stereocenters. The summed E-state index contributed by atoms with van der Waals surface area (Å²) in [4.78, 5) is 11.6. The van der Waals surface area contributed by atoms with Crippen molar-refractivity contribution in [1.82, 2.24) is 20.4 Å². The van der Waals surface area contributed by atoms with E-state index in [9.17, 15) is 9.90 Å². The Balaban J connectivity index is 1.60. The number of β-amino-alcohol motifs (C(OH)–C–C–N with tert-alkyl or cyclic N) is 1. The number of aliphatic hydroxyl groups is 1. The minimum atomic E-state index is -0.394. The Morgan fingerprint density at radius 3 is 3.18 bits per heavy atom. The zero-order chi connectivity index (χ0) is 12.1. The van der Waals surface area contributed by atoms with Crippen LogP contribution in [0.1, 0.15) is 12.8 Å². The molecule has 2 atom stereocenters. The zero-order valence-corrected chi connectivity index (χ0v) is 9.67.